The Labute approximate surface area is 119 Å². The maximum atomic E-state index is 12.0. The summed E-state index contributed by atoms with van der Waals surface area (Å²) in [6, 6.07) is 7.00. The first-order valence-corrected chi connectivity index (χ1v) is 6.61. The first-order chi connectivity index (χ1) is 9.32. The SMILES string of the molecule is C#CC(C)(C)NC(C)CCc1ccc(OC(F)F)cc1. The minimum Gasteiger partial charge on any atom is -0.435 e. The van der Waals surface area contributed by atoms with Gasteiger partial charge in [-0.2, -0.15) is 8.78 Å². The lowest BCUT2D eigenvalue weighted by Crippen LogP contribution is -2.43. The monoisotopic (exact) mass is 281 g/mol. The Kier molecular flexibility index (Phi) is 5.97. The standard InChI is InChI=1S/C16H21F2NO/c1-5-16(3,4)19-12(2)6-7-13-8-10-14(11-9-13)20-15(17)18/h1,8-12,15,19H,6-7H2,2-4H3. The van der Waals surface area contributed by atoms with Crippen LogP contribution in [0.15, 0.2) is 24.3 Å². The number of hydrogen-bond acceptors (Lipinski definition) is 2. The van der Waals surface area contributed by atoms with Gasteiger partial charge in [-0.1, -0.05) is 18.1 Å². The first kappa shape index (κ1) is 16.5. The quantitative estimate of drug-likeness (QED) is 0.771. The molecule has 0 aromatic heterocycles. The molecule has 0 bridgehead atoms. The number of ether oxygens (including phenoxy) is 1. The molecule has 1 N–H and O–H groups in total. The molecule has 1 aromatic rings. The van der Waals surface area contributed by atoms with Crippen LogP contribution in [0.2, 0.25) is 0 Å². The smallest absolute Gasteiger partial charge is 0.387 e. The zero-order chi connectivity index (χ0) is 15.2. The summed E-state index contributed by atoms with van der Waals surface area (Å²) in [5.41, 5.74) is 0.757. The molecule has 0 fully saturated rings. The van der Waals surface area contributed by atoms with Gasteiger partial charge in [-0.25, -0.2) is 0 Å². The summed E-state index contributed by atoms with van der Waals surface area (Å²) in [6.07, 6.45) is 7.20. The molecule has 0 saturated carbocycles. The van der Waals surface area contributed by atoms with Crippen molar-refractivity contribution < 1.29 is 13.5 Å². The molecule has 0 heterocycles. The minimum atomic E-state index is -2.78. The van der Waals surface area contributed by atoms with Gasteiger partial charge >= 0.3 is 6.61 Å². The van der Waals surface area contributed by atoms with Crippen molar-refractivity contribution in [1.82, 2.24) is 5.32 Å². The molecule has 0 aliphatic carbocycles. The van der Waals surface area contributed by atoms with Gasteiger partial charge in [-0.15, -0.1) is 6.42 Å². The van der Waals surface area contributed by atoms with Crippen LogP contribution in [0.25, 0.3) is 0 Å². The van der Waals surface area contributed by atoms with Gasteiger partial charge in [-0.3, -0.25) is 5.32 Å². The van der Waals surface area contributed by atoms with Gasteiger partial charge < -0.3 is 4.74 Å². The maximum Gasteiger partial charge on any atom is 0.387 e. The fraction of sp³-hybridized carbons (Fsp3) is 0.500. The molecule has 0 radical (unpaired) electrons. The Hall–Kier alpha value is -1.60. The summed E-state index contributed by atoms with van der Waals surface area (Å²) in [4.78, 5) is 0. The fourth-order valence-corrected chi connectivity index (χ4v) is 1.95. The van der Waals surface area contributed by atoms with E-state index >= 15 is 0 Å². The lowest BCUT2D eigenvalue weighted by atomic mass is 10.0. The predicted octanol–water partition coefficient (Wildman–Crippen LogP) is 3.61. The Bertz CT molecular complexity index is 449. The molecule has 110 valence electrons. The number of rotatable bonds is 7. The highest BCUT2D eigenvalue weighted by Crippen LogP contribution is 2.16. The van der Waals surface area contributed by atoms with Gasteiger partial charge in [0.25, 0.3) is 0 Å². The maximum absolute atomic E-state index is 12.0. The molecule has 0 amide bonds. The Morgan fingerprint density at radius 1 is 1.30 bits per heavy atom. The molecule has 4 heteroatoms. The van der Waals surface area contributed by atoms with Gasteiger partial charge in [0.1, 0.15) is 5.75 Å². The van der Waals surface area contributed by atoms with Gasteiger partial charge in [0.05, 0.1) is 5.54 Å². The third kappa shape index (κ3) is 6.03. The van der Waals surface area contributed by atoms with E-state index in [9.17, 15) is 8.78 Å². The van der Waals surface area contributed by atoms with Crippen molar-refractivity contribution in [2.45, 2.75) is 51.8 Å². The van der Waals surface area contributed by atoms with Crippen LogP contribution in [0.4, 0.5) is 8.78 Å². The highest BCUT2D eigenvalue weighted by atomic mass is 19.3. The summed E-state index contributed by atoms with van der Waals surface area (Å²) < 4.78 is 28.3. The topological polar surface area (TPSA) is 21.3 Å². The number of halogens is 2. The van der Waals surface area contributed by atoms with Crippen molar-refractivity contribution in [1.29, 1.82) is 0 Å². The molecule has 1 unspecified atom stereocenters. The van der Waals surface area contributed by atoms with Crippen molar-refractivity contribution in [2.75, 3.05) is 0 Å². The van der Waals surface area contributed by atoms with Crippen molar-refractivity contribution in [3.05, 3.63) is 29.8 Å². The number of aryl methyl sites for hydroxylation is 1. The minimum absolute atomic E-state index is 0.184. The average Bonchev–Trinajstić information content (AvgIpc) is 2.37. The van der Waals surface area contributed by atoms with E-state index in [4.69, 9.17) is 6.42 Å². The highest BCUT2D eigenvalue weighted by Gasteiger charge is 2.16. The Balaban J connectivity index is 2.44. The lowest BCUT2D eigenvalue weighted by molar-refractivity contribution is -0.0498. The average molecular weight is 281 g/mol. The van der Waals surface area contributed by atoms with Crippen molar-refractivity contribution in [3.63, 3.8) is 0 Å². The molecule has 0 aliphatic heterocycles. The molecule has 0 saturated heterocycles. The number of terminal acetylenes is 1. The lowest BCUT2D eigenvalue weighted by Gasteiger charge is -2.25. The van der Waals surface area contributed by atoms with Crippen molar-refractivity contribution in [3.8, 4) is 18.1 Å². The van der Waals surface area contributed by atoms with E-state index in [0.717, 1.165) is 18.4 Å². The predicted molar refractivity (Wildman–Crippen MR) is 76.9 cm³/mol. The Morgan fingerprint density at radius 3 is 2.40 bits per heavy atom. The van der Waals surface area contributed by atoms with Gasteiger partial charge in [-0.05, 0) is 51.3 Å². The number of alkyl halides is 2. The van der Waals surface area contributed by atoms with E-state index in [1.807, 2.05) is 13.8 Å². The van der Waals surface area contributed by atoms with Crippen LogP contribution in [0.5, 0.6) is 5.75 Å². The molecular formula is C16H21F2NO. The summed E-state index contributed by atoms with van der Waals surface area (Å²) in [5, 5.41) is 3.35. The zero-order valence-electron chi connectivity index (χ0n) is 12.1. The number of benzene rings is 1. The molecule has 1 atom stereocenters. The van der Waals surface area contributed by atoms with Crippen molar-refractivity contribution in [2.24, 2.45) is 0 Å². The normalized spacial score (nSPS) is 13.1. The van der Waals surface area contributed by atoms with E-state index in [1.54, 1.807) is 24.3 Å². The fourth-order valence-electron chi connectivity index (χ4n) is 1.95. The zero-order valence-corrected chi connectivity index (χ0v) is 12.1. The number of hydrogen-bond donors (Lipinski definition) is 1. The number of nitrogens with one attached hydrogen (secondary N) is 1. The van der Waals surface area contributed by atoms with E-state index < -0.39 is 6.61 Å². The highest BCUT2D eigenvalue weighted by molar-refractivity contribution is 5.27. The second-order valence-electron chi connectivity index (χ2n) is 5.38. The van der Waals surface area contributed by atoms with Crippen LogP contribution in [0.3, 0.4) is 0 Å². The van der Waals surface area contributed by atoms with Gasteiger partial charge in [0, 0.05) is 6.04 Å². The van der Waals surface area contributed by atoms with E-state index in [2.05, 4.69) is 22.9 Å². The molecule has 1 rings (SSSR count). The van der Waals surface area contributed by atoms with Crippen LogP contribution < -0.4 is 10.1 Å². The van der Waals surface area contributed by atoms with E-state index in [-0.39, 0.29) is 17.3 Å². The summed E-state index contributed by atoms with van der Waals surface area (Å²) in [7, 11) is 0. The first-order valence-electron chi connectivity index (χ1n) is 6.61. The third-order valence-electron chi connectivity index (χ3n) is 2.98. The van der Waals surface area contributed by atoms with Crippen LogP contribution in [0, 0.1) is 12.3 Å². The Morgan fingerprint density at radius 2 is 1.90 bits per heavy atom. The van der Waals surface area contributed by atoms with Gasteiger partial charge in [0.2, 0.25) is 0 Å². The van der Waals surface area contributed by atoms with Crippen LogP contribution in [-0.4, -0.2) is 18.2 Å². The summed E-state index contributed by atoms with van der Waals surface area (Å²) in [6.45, 7) is 3.21. The molecule has 0 aliphatic rings. The second-order valence-corrected chi connectivity index (χ2v) is 5.38. The van der Waals surface area contributed by atoms with Crippen LogP contribution in [-0.2, 0) is 6.42 Å². The summed E-state index contributed by atoms with van der Waals surface area (Å²) >= 11 is 0. The van der Waals surface area contributed by atoms with E-state index in [0.29, 0.717) is 0 Å². The molecule has 0 spiro atoms. The second kappa shape index (κ2) is 7.25. The van der Waals surface area contributed by atoms with Gasteiger partial charge in [0.15, 0.2) is 0 Å². The molecule has 20 heavy (non-hydrogen) atoms. The van der Waals surface area contributed by atoms with E-state index in [1.165, 1.54) is 0 Å². The van der Waals surface area contributed by atoms with Crippen LogP contribution >= 0.6 is 0 Å². The largest absolute Gasteiger partial charge is 0.435 e. The van der Waals surface area contributed by atoms with Crippen LogP contribution in [0.1, 0.15) is 32.8 Å². The third-order valence-corrected chi connectivity index (χ3v) is 2.98. The molecular weight excluding hydrogens is 260 g/mol. The summed E-state index contributed by atoms with van der Waals surface area (Å²) in [5.74, 6) is 2.88. The molecule has 1 aromatic carbocycles. The van der Waals surface area contributed by atoms with Crippen molar-refractivity contribution >= 4 is 0 Å². The molecule has 2 nitrogen and oxygen atoms in total.